The van der Waals surface area contributed by atoms with Crippen LogP contribution in [0.1, 0.15) is 71.2 Å². The molecule has 0 bridgehead atoms. The van der Waals surface area contributed by atoms with Gasteiger partial charge in [0, 0.05) is 12.6 Å². The molecule has 1 saturated heterocycles. The fraction of sp³-hybridized carbons (Fsp3) is 0.606. The quantitative estimate of drug-likeness (QED) is 0.0732. The first kappa shape index (κ1) is 41.3. The molecular weight excluding hydrogens is 730 g/mol. The monoisotopic (exact) mass is 774 g/mol. The highest BCUT2D eigenvalue weighted by molar-refractivity contribution is 7.53. The van der Waals surface area contributed by atoms with E-state index >= 15 is 0 Å². The van der Waals surface area contributed by atoms with E-state index in [9.17, 15) is 23.7 Å². The van der Waals surface area contributed by atoms with Crippen LogP contribution in [0.3, 0.4) is 0 Å². The van der Waals surface area contributed by atoms with Gasteiger partial charge in [-0.2, -0.15) is 4.98 Å². The number of fused-ring (bicyclic) bond motifs is 1. The van der Waals surface area contributed by atoms with Crippen molar-refractivity contribution in [1.82, 2.24) is 9.97 Å². The summed E-state index contributed by atoms with van der Waals surface area (Å²) in [6, 6.07) is 5.93. The van der Waals surface area contributed by atoms with E-state index in [1.165, 1.54) is 12.1 Å². The van der Waals surface area contributed by atoms with Crippen molar-refractivity contribution in [2.75, 3.05) is 31.9 Å². The van der Waals surface area contributed by atoms with Gasteiger partial charge in [-0.3, -0.25) is 18.6 Å². The lowest BCUT2D eigenvalue weighted by atomic mass is 9.94. The Kier molecular flexibility index (Phi) is 15.6. The third kappa shape index (κ3) is 13.2. The van der Waals surface area contributed by atoms with Crippen molar-refractivity contribution < 1.29 is 61.1 Å². The molecule has 0 unspecified atom stereocenters. The second kappa shape index (κ2) is 19.6. The first-order valence-corrected chi connectivity index (χ1v) is 18.9. The maximum atomic E-state index is 13.4. The van der Waals surface area contributed by atoms with Gasteiger partial charge in [-0.25, -0.2) is 19.0 Å². The zero-order chi connectivity index (χ0) is 37.8. The number of benzene rings is 1. The van der Waals surface area contributed by atoms with Gasteiger partial charge < -0.3 is 38.8 Å². The highest BCUT2D eigenvalue weighted by atomic mass is 35.5. The van der Waals surface area contributed by atoms with Crippen LogP contribution >= 0.6 is 19.2 Å². The first-order valence-electron chi connectivity index (χ1n) is 16.8. The Morgan fingerprint density at radius 2 is 1.67 bits per heavy atom. The Morgan fingerprint density at radius 3 is 2.29 bits per heavy atom. The van der Waals surface area contributed by atoms with Crippen molar-refractivity contribution in [3.8, 4) is 0 Å². The average molecular weight is 775 g/mol. The number of carbonyl (C=O) groups is 2. The number of aliphatic imine (C=N–C) groups is 1. The minimum Gasteiger partial charge on any atom is -0.432 e. The molecule has 52 heavy (non-hydrogen) atoms. The van der Waals surface area contributed by atoms with Crippen LogP contribution in [0, 0.1) is 11.7 Å². The summed E-state index contributed by atoms with van der Waals surface area (Å²) in [6.07, 6.45) is -1.86. The summed E-state index contributed by atoms with van der Waals surface area (Å²) in [5, 5.41) is 14.2. The SMILES string of the molecule is CC(C)OC(=O)OCOP(=O)(COC[C@@H]1C[C@@H](O)[C@H](C[C@@H]2C=Nc3c(nc(Cl)nc3N[C@@H](C)c3ccc(F)cc3)CC2)O1)OCOC(=O)OC(C)C. The van der Waals surface area contributed by atoms with Crippen molar-refractivity contribution in [2.24, 2.45) is 10.9 Å². The van der Waals surface area contributed by atoms with E-state index in [2.05, 4.69) is 15.3 Å². The van der Waals surface area contributed by atoms with Crippen LogP contribution in [0.25, 0.3) is 0 Å². The average Bonchev–Trinajstić information content (AvgIpc) is 3.26. The molecule has 0 amide bonds. The maximum absolute atomic E-state index is 13.4. The van der Waals surface area contributed by atoms with Crippen molar-refractivity contribution >= 4 is 49.2 Å². The zero-order valence-corrected chi connectivity index (χ0v) is 31.2. The number of halogens is 2. The fourth-order valence-corrected chi connectivity index (χ4v) is 6.45. The van der Waals surface area contributed by atoms with E-state index in [0.717, 1.165) is 5.56 Å². The topological polar surface area (TPSA) is 195 Å². The lowest BCUT2D eigenvalue weighted by Crippen LogP contribution is -2.25. The van der Waals surface area contributed by atoms with Crippen molar-refractivity contribution in [1.29, 1.82) is 0 Å². The van der Waals surface area contributed by atoms with Crippen molar-refractivity contribution in [2.45, 2.75) is 96.9 Å². The number of aliphatic hydroxyl groups excluding tert-OH is 1. The molecule has 16 nitrogen and oxygen atoms in total. The molecule has 2 N–H and O–H groups in total. The molecule has 0 radical (unpaired) electrons. The van der Waals surface area contributed by atoms with Crippen LogP contribution in [0.5, 0.6) is 0 Å². The highest BCUT2D eigenvalue weighted by Gasteiger charge is 2.37. The van der Waals surface area contributed by atoms with Crippen LogP contribution in [0.15, 0.2) is 29.3 Å². The summed E-state index contributed by atoms with van der Waals surface area (Å²) in [5.41, 5.74) is 2.08. The smallest absolute Gasteiger partial charge is 0.432 e. The van der Waals surface area contributed by atoms with Gasteiger partial charge >= 0.3 is 19.9 Å². The van der Waals surface area contributed by atoms with E-state index in [4.69, 9.17) is 54.1 Å². The summed E-state index contributed by atoms with van der Waals surface area (Å²) < 4.78 is 68.0. The number of ether oxygens (including phenoxy) is 6. The molecule has 0 saturated carbocycles. The predicted octanol–water partition coefficient (Wildman–Crippen LogP) is 6.85. The maximum Gasteiger partial charge on any atom is 0.510 e. The van der Waals surface area contributed by atoms with Gasteiger partial charge in [0.1, 0.15) is 17.9 Å². The summed E-state index contributed by atoms with van der Waals surface area (Å²) in [5.74, 6) is 0.0408. The van der Waals surface area contributed by atoms with Gasteiger partial charge in [-0.15, -0.1) is 0 Å². The normalized spacial score (nSPS) is 20.7. The van der Waals surface area contributed by atoms with Gasteiger partial charge in [-0.05, 0) is 89.1 Å². The predicted molar refractivity (Wildman–Crippen MR) is 185 cm³/mol. The highest BCUT2D eigenvalue weighted by Crippen LogP contribution is 2.48. The third-order valence-corrected chi connectivity index (χ3v) is 9.39. The Balaban J connectivity index is 1.30. The van der Waals surface area contributed by atoms with Crippen LogP contribution in [-0.2, 0) is 48.5 Å². The van der Waals surface area contributed by atoms with Crippen molar-refractivity contribution in [3.63, 3.8) is 0 Å². The van der Waals surface area contributed by atoms with E-state index in [-0.39, 0.29) is 36.1 Å². The summed E-state index contributed by atoms with van der Waals surface area (Å²) in [6.45, 7) is 6.71. The number of carbonyl (C=O) groups excluding carboxylic acids is 2. The van der Waals surface area contributed by atoms with Gasteiger partial charge in [0.25, 0.3) is 0 Å². The molecular formula is C33H45ClFN4O12P. The van der Waals surface area contributed by atoms with Gasteiger partial charge in [0.2, 0.25) is 18.9 Å². The molecule has 2 aliphatic heterocycles. The molecule has 4 rings (SSSR count). The van der Waals surface area contributed by atoms with E-state index in [1.54, 1.807) is 46.0 Å². The third-order valence-electron chi connectivity index (χ3n) is 7.72. The number of rotatable bonds is 17. The van der Waals surface area contributed by atoms with Gasteiger partial charge in [0.05, 0.1) is 48.9 Å². The molecule has 1 aromatic carbocycles. The summed E-state index contributed by atoms with van der Waals surface area (Å²) in [7, 11) is -4.15. The van der Waals surface area contributed by atoms with Crippen molar-refractivity contribution in [3.05, 3.63) is 46.6 Å². The number of nitrogens with one attached hydrogen (secondary N) is 1. The number of nitrogens with zero attached hydrogens (tertiary/aromatic N) is 3. The second-order valence-corrected chi connectivity index (χ2v) is 15.0. The molecule has 19 heteroatoms. The number of aromatic nitrogens is 2. The molecule has 288 valence electrons. The minimum atomic E-state index is -4.15. The summed E-state index contributed by atoms with van der Waals surface area (Å²) in [4.78, 5) is 36.8. The Morgan fingerprint density at radius 1 is 1.04 bits per heavy atom. The van der Waals surface area contributed by atoms with E-state index < -0.39 is 70.4 Å². The number of hydrogen-bond acceptors (Lipinski definition) is 16. The van der Waals surface area contributed by atoms with E-state index in [1.807, 2.05) is 6.92 Å². The van der Waals surface area contributed by atoms with Gasteiger partial charge in [-0.1, -0.05) is 12.1 Å². The molecule has 1 aromatic heterocycles. The van der Waals surface area contributed by atoms with Gasteiger partial charge in [0.15, 0.2) is 5.82 Å². The van der Waals surface area contributed by atoms with E-state index in [0.29, 0.717) is 36.5 Å². The Bertz CT molecular complexity index is 1540. The number of aliphatic hydroxyl groups is 1. The second-order valence-electron chi connectivity index (χ2n) is 12.7. The fourth-order valence-electron chi connectivity index (χ4n) is 5.28. The molecule has 2 aliphatic rings. The lowest BCUT2D eigenvalue weighted by molar-refractivity contribution is -0.0433. The Labute approximate surface area is 306 Å². The largest absolute Gasteiger partial charge is 0.510 e. The zero-order valence-electron chi connectivity index (χ0n) is 29.6. The lowest BCUT2D eigenvalue weighted by Gasteiger charge is -2.20. The first-order chi connectivity index (χ1) is 24.7. The van der Waals surface area contributed by atoms with Crippen LogP contribution in [-0.4, -0.2) is 90.7 Å². The molecule has 1 fully saturated rings. The van der Waals surface area contributed by atoms with Crippen LogP contribution in [0.4, 0.5) is 25.5 Å². The van der Waals surface area contributed by atoms with Crippen LogP contribution < -0.4 is 5.32 Å². The van der Waals surface area contributed by atoms with Crippen LogP contribution in [0.2, 0.25) is 5.28 Å². The summed E-state index contributed by atoms with van der Waals surface area (Å²) >= 11 is 6.26. The molecule has 0 aliphatic carbocycles. The molecule has 3 heterocycles. The molecule has 5 atom stereocenters. The number of aryl methyl sites for hydroxylation is 1. The Hall–Kier alpha value is -3.44. The molecule has 2 aromatic rings. The molecule has 0 spiro atoms. The standard InChI is InChI=1S/C33H45ClFN4O12P/c1-19(2)49-32(41)45-16-47-52(43,48-17-46-33(42)50-20(3)4)18-44-15-25-13-27(40)28(51-25)12-22-6-11-26-29(36-14-22)30(39-31(34)38-26)37-21(5)23-7-9-24(35)10-8-23/h7-10,14,19-22,25,27-28,40H,6,11-13,15-18H2,1-5H3,(H,37,38,39)/t21-,22+,25-,27+,28-/m0/s1. The minimum absolute atomic E-state index is 0.0706. The number of hydrogen-bond donors (Lipinski definition) is 2. The number of anilines is 1.